The molecule has 110 valence electrons. The molecule has 0 unspecified atom stereocenters. The molecule has 0 bridgehead atoms. The lowest BCUT2D eigenvalue weighted by Crippen LogP contribution is -2.34. The van der Waals surface area contributed by atoms with E-state index in [-0.39, 0.29) is 12.1 Å². The first-order valence-corrected chi connectivity index (χ1v) is 7.61. The lowest BCUT2D eigenvalue weighted by atomic mass is 10.3. The molecule has 0 saturated carbocycles. The number of nitrogens with zero attached hydrogens (tertiary/aromatic N) is 3. The van der Waals surface area contributed by atoms with Crippen LogP contribution in [-0.4, -0.2) is 39.7 Å². The van der Waals surface area contributed by atoms with Gasteiger partial charge in [0.15, 0.2) is 0 Å². The molecule has 2 aromatic rings. The zero-order valence-electron chi connectivity index (χ0n) is 11.0. The van der Waals surface area contributed by atoms with Crippen LogP contribution < -0.4 is 10.1 Å². The van der Waals surface area contributed by atoms with Crippen molar-refractivity contribution in [2.24, 2.45) is 0 Å². The molecule has 0 aliphatic carbocycles. The van der Waals surface area contributed by atoms with Crippen LogP contribution in [0.15, 0.2) is 30.5 Å². The summed E-state index contributed by atoms with van der Waals surface area (Å²) >= 11 is 6.99. The van der Waals surface area contributed by atoms with Crippen LogP contribution in [0.5, 0.6) is 5.75 Å². The molecule has 1 aliphatic heterocycles. The van der Waals surface area contributed by atoms with Crippen molar-refractivity contribution in [1.29, 1.82) is 0 Å². The fourth-order valence-corrected chi connectivity index (χ4v) is 2.66. The van der Waals surface area contributed by atoms with Gasteiger partial charge in [-0.25, -0.2) is 4.79 Å². The van der Waals surface area contributed by atoms with Gasteiger partial charge in [-0.2, -0.15) is 0 Å². The van der Waals surface area contributed by atoms with Gasteiger partial charge in [0.2, 0.25) is 0 Å². The van der Waals surface area contributed by atoms with Gasteiger partial charge in [-0.05, 0) is 24.3 Å². The van der Waals surface area contributed by atoms with Crippen LogP contribution in [0.2, 0.25) is 5.02 Å². The number of benzene rings is 1. The number of ether oxygens (including phenoxy) is 1. The molecule has 1 aliphatic rings. The highest BCUT2D eigenvalue weighted by Gasteiger charge is 2.27. The van der Waals surface area contributed by atoms with E-state index in [0.717, 1.165) is 23.7 Å². The first kappa shape index (κ1) is 14.1. The van der Waals surface area contributed by atoms with Gasteiger partial charge < -0.3 is 9.64 Å². The van der Waals surface area contributed by atoms with Gasteiger partial charge in [0.25, 0.3) is 0 Å². The van der Waals surface area contributed by atoms with Crippen LogP contribution >= 0.6 is 23.1 Å². The third-order valence-electron chi connectivity index (χ3n) is 3.14. The molecule has 8 heteroatoms. The Bertz CT molecular complexity index is 605. The van der Waals surface area contributed by atoms with Crippen LogP contribution in [0.25, 0.3) is 0 Å². The minimum atomic E-state index is -0.150. The van der Waals surface area contributed by atoms with E-state index in [1.807, 2.05) is 12.1 Å². The molecule has 1 fully saturated rings. The molecule has 6 nitrogen and oxygen atoms in total. The molecule has 0 radical (unpaired) electrons. The van der Waals surface area contributed by atoms with Crippen molar-refractivity contribution in [2.45, 2.75) is 12.5 Å². The molecule has 1 atom stereocenters. The van der Waals surface area contributed by atoms with Gasteiger partial charge in [0.05, 0.1) is 12.7 Å². The SMILES string of the molecule is O=C(Nc1cnns1)N1CC[C@H](Oc2ccc(Cl)cc2)C1. The van der Waals surface area contributed by atoms with E-state index < -0.39 is 0 Å². The average Bonchev–Trinajstić information content (AvgIpc) is 3.13. The second-order valence-corrected chi connectivity index (χ2v) is 5.86. The van der Waals surface area contributed by atoms with Crippen LogP contribution in [-0.2, 0) is 0 Å². The first-order valence-electron chi connectivity index (χ1n) is 6.46. The van der Waals surface area contributed by atoms with Crippen molar-refractivity contribution in [3.8, 4) is 5.75 Å². The highest BCUT2D eigenvalue weighted by atomic mass is 35.5. The number of urea groups is 1. The maximum atomic E-state index is 12.0. The zero-order chi connectivity index (χ0) is 14.7. The molecule has 1 saturated heterocycles. The number of rotatable bonds is 3. The molecule has 2 amide bonds. The number of nitrogens with one attached hydrogen (secondary N) is 1. The Morgan fingerprint density at radius 1 is 1.43 bits per heavy atom. The number of amides is 2. The number of hydrogen-bond donors (Lipinski definition) is 1. The number of aromatic nitrogens is 2. The van der Waals surface area contributed by atoms with Gasteiger partial charge in [0.1, 0.15) is 16.9 Å². The number of likely N-dealkylation sites (tertiary alicyclic amines) is 1. The molecular formula is C13H13ClN4O2S. The summed E-state index contributed by atoms with van der Waals surface area (Å²) < 4.78 is 9.55. The zero-order valence-corrected chi connectivity index (χ0v) is 12.6. The molecule has 1 aromatic carbocycles. The normalized spacial score (nSPS) is 17.8. The highest BCUT2D eigenvalue weighted by molar-refractivity contribution is 7.10. The van der Waals surface area contributed by atoms with Crippen LogP contribution in [0.1, 0.15) is 6.42 Å². The molecular weight excluding hydrogens is 312 g/mol. The Hall–Kier alpha value is -1.86. The second-order valence-electron chi connectivity index (χ2n) is 4.64. The summed E-state index contributed by atoms with van der Waals surface area (Å²) in [7, 11) is 0. The summed E-state index contributed by atoms with van der Waals surface area (Å²) in [6, 6.07) is 7.07. The lowest BCUT2D eigenvalue weighted by molar-refractivity contribution is 0.195. The Balaban J connectivity index is 1.53. The fraction of sp³-hybridized carbons (Fsp3) is 0.308. The third kappa shape index (κ3) is 3.62. The summed E-state index contributed by atoms with van der Waals surface area (Å²) in [4.78, 5) is 13.8. The van der Waals surface area contributed by atoms with Gasteiger partial charge >= 0.3 is 6.03 Å². The molecule has 1 aromatic heterocycles. The summed E-state index contributed by atoms with van der Waals surface area (Å²) in [6.45, 7) is 1.22. The van der Waals surface area contributed by atoms with Gasteiger partial charge in [-0.15, -0.1) is 5.10 Å². The van der Waals surface area contributed by atoms with E-state index in [2.05, 4.69) is 14.9 Å². The Morgan fingerprint density at radius 2 is 2.24 bits per heavy atom. The van der Waals surface area contributed by atoms with E-state index in [9.17, 15) is 4.79 Å². The van der Waals surface area contributed by atoms with E-state index in [0.29, 0.717) is 23.1 Å². The largest absolute Gasteiger partial charge is 0.489 e. The summed E-state index contributed by atoms with van der Waals surface area (Å²) in [5.74, 6) is 0.762. The number of hydrogen-bond acceptors (Lipinski definition) is 5. The van der Waals surface area contributed by atoms with Crippen LogP contribution in [0, 0.1) is 0 Å². The summed E-state index contributed by atoms with van der Waals surface area (Å²) in [5.41, 5.74) is 0. The standard InChI is InChI=1S/C13H13ClN4O2S/c14-9-1-3-10(4-2-9)20-11-5-6-18(8-11)13(19)16-12-7-15-17-21-12/h1-4,7,11H,5-6,8H2,(H,16,19)/t11-/m0/s1. The Morgan fingerprint density at radius 3 is 2.95 bits per heavy atom. The van der Waals surface area contributed by atoms with E-state index in [1.54, 1.807) is 17.0 Å². The summed E-state index contributed by atoms with van der Waals surface area (Å²) in [5, 5.41) is 7.76. The van der Waals surface area contributed by atoms with Crippen molar-refractivity contribution in [1.82, 2.24) is 14.5 Å². The fourth-order valence-electron chi connectivity index (χ4n) is 2.12. The van der Waals surface area contributed by atoms with E-state index >= 15 is 0 Å². The van der Waals surface area contributed by atoms with Crippen LogP contribution in [0.3, 0.4) is 0 Å². The quantitative estimate of drug-likeness (QED) is 0.942. The molecule has 3 rings (SSSR count). The van der Waals surface area contributed by atoms with E-state index in [4.69, 9.17) is 16.3 Å². The number of anilines is 1. The maximum absolute atomic E-state index is 12.0. The smallest absolute Gasteiger partial charge is 0.322 e. The predicted octanol–water partition coefficient (Wildman–Crippen LogP) is 2.88. The van der Waals surface area contributed by atoms with Gasteiger partial charge in [-0.1, -0.05) is 16.1 Å². The van der Waals surface area contributed by atoms with Crippen molar-refractivity contribution in [3.05, 3.63) is 35.5 Å². The minimum absolute atomic E-state index is 0.00323. The Kier molecular flexibility index (Phi) is 4.21. The number of carbonyl (C=O) groups excluding carboxylic acids is 1. The topological polar surface area (TPSA) is 67.4 Å². The van der Waals surface area contributed by atoms with Crippen LogP contribution in [0.4, 0.5) is 9.80 Å². The Labute approximate surface area is 130 Å². The average molecular weight is 325 g/mol. The molecule has 0 spiro atoms. The number of carbonyl (C=O) groups is 1. The summed E-state index contributed by atoms with van der Waals surface area (Å²) in [6.07, 6.45) is 2.33. The monoisotopic (exact) mass is 324 g/mol. The highest BCUT2D eigenvalue weighted by Crippen LogP contribution is 2.21. The van der Waals surface area contributed by atoms with Crippen molar-refractivity contribution in [3.63, 3.8) is 0 Å². The first-order chi connectivity index (χ1) is 10.2. The van der Waals surface area contributed by atoms with Crippen molar-refractivity contribution < 1.29 is 9.53 Å². The van der Waals surface area contributed by atoms with Gasteiger partial charge in [0, 0.05) is 29.5 Å². The maximum Gasteiger partial charge on any atom is 0.322 e. The lowest BCUT2D eigenvalue weighted by Gasteiger charge is -2.17. The second kappa shape index (κ2) is 6.28. The molecule has 21 heavy (non-hydrogen) atoms. The third-order valence-corrected chi connectivity index (χ3v) is 3.97. The van der Waals surface area contributed by atoms with Crippen molar-refractivity contribution >= 4 is 34.2 Å². The molecule has 2 heterocycles. The van der Waals surface area contributed by atoms with Crippen molar-refractivity contribution in [2.75, 3.05) is 18.4 Å². The minimum Gasteiger partial charge on any atom is -0.489 e. The van der Waals surface area contributed by atoms with Gasteiger partial charge in [-0.3, -0.25) is 5.32 Å². The van der Waals surface area contributed by atoms with E-state index in [1.165, 1.54) is 6.20 Å². The number of halogens is 1. The molecule has 1 N–H and O–H groups in total. The predicted molar refractivity (Wildman–Crippen MR) is 81.0 cm³/mol.